The maximum atomic E-state index is 15.2. The molecule has 2 aromatic carbocycles. The minimum absolute atomic E-state index is 0.00671. The molecule has 30 nitrogen and oxygen atoms in total. The normalized spacial score (nSPS) is 16.1. The molecule has 8 N–H and O–H groups in total. The molecule has 5 heterocycles. The Morgan fingerprint density at radius 1 is 0.670 bits per heavy atom. The van der Waals surface area contributed by atoms with Crippen LogP contribution in [0.2, 0.25) is 0 Å². The number of benzene rings is 2. The Labute approximate surface area is 558 Å². The van der Waals surface area contributed by atoms with Crippen LogP contribution in [0, 0.1) is 12.7 Å². The number of carbonyl (C=O) groups is 9. The van der Waals surface area contributed by atoms with Crippen molar-refractivity contribution in [2.24, 2.45) is 5.73 Å². The minimum atomic E-state index is -1.84. The number of rotatable bonds is 44. The van der Waals surface area contributed by atoms with Crippen LogP contribution in [0.4, 0.5) is 4.39 Å². The average Bonchev–Trinajstić information content (AvgIpc) is 1.61. The molecule has 0 saturated carbocycles. The van der Waals surface area contributed by atoms with E-state index in [0.717, 1.165) is 27.0 Å². The van der Waals surface area contributed by atoms with E-state index < -0.39 is 96.7 Å². The third-order valence-electron chi connectivity index (χ3n) is 16.3. The van der Waals surface area contributed by atoms with E-state index in [1.165, 1.54) is 18.2 Å². The van der Waals surface area contributed by atoms with E-state index in [9.17, 15) is 47.9 Å². The van der Waals surface area contributed by atoms with Gasteiger partial charge in [-0.25, -0.2) is 14.2 Å². The van der Waals surface area contributed by atoms with Gasteiger partial charge in [0.05, 0.1) is 154 Å². The van der Waals surface area contributed by atoms with Crippen LogP contribution in [0.15, 0.2) is 59.4 Å². The number of pyridine rings is 2. The predicted octanol–water partition coefficient (Wildman–Crippen LogP) is -0.399. The van der Waals surface area contributed by atoms with Crippen molar-refractivity contribution in [3.05, 3.63) is 110 Å². The van der Waals surface area contributed by atoms with Gasteiger partial charge in [0.2, 0.25) is 35.4 Å². The molecule has 0 fully saturated rings. The van der Waals surface area contributed by atoms with E-state index in [2.05, 4.69) is 31.9 Å². The van der Waals surface area contributed by atoms with Crippen molar-refractivity contribution in [3.8, 4) is 11.4 Å². The molecule has 0 spiro atoms. The summed E-state index contributed by atoms with van der Waals surface area (Å²) in [5, 5.41) is 16.0. The monoisotopic (exact) mass is 1360 g/mol. The maximum Gasteiger partial charge on any atom is 0.343 e. The number of hydrogen-bond acceptors (Lipinski definition) is 22. The van der Waals surface area contributed by atoms with Gasteiger partial charge < -0.3 is 89.6 Å². The zero-order valence-corrected chi connectivity index (χ0v) is 54.5. The van der Waals surface area contributed by atoms with Gasteiger partial charge in [-0.05, 0) is 54.5 Å². The summed E-state index contributed by atoms with van der Waals surface area (Å²) in [6, 6.07) is 10.2. The zero-order chi connectivity index (χ0) is 69.1. The highest BCUT2D eigenvalue weighted by Gasteiger charge is 2.49. The van der Waals surface area contributed by atoms with Crippen LogP contribution >= 0.6 is 0 Å². The number of nitrogens with zero attached hydrogens (tertiary/aromatic N) is 3. The highest BCUT2D eigenvalue weighted by Crippen LogP contribution is 2.46. The van der Waals surface area contributed by atoms with Crippen LogP contribution in [0.3, 0.4) is 0 Å². The first-order valence-electron chi connectivity index (χ1n) is 32.3. The Bertz CT molecular complexity index is 3520. The van der Waals surface area contributed by atoms with E-state index in [4.69, 9.17) is 58.1 Å². The number of cyclic esters (lactones) is 1. The molecule has 97 heavy (non-hydrogen) atoms. The number of ether oxygens (including phenoxy) is 10. The number of nitrogens with two attached hydrogens (primary N) is 1. The molecule has 8 rings (SSSR count). The second-order valence-corrected chi connectivity index (χ2v) is 22.8. The number of aromatic nitrogens is 2. The second kappa shape index (κ2) is 37.9. The van der Waals surface area contributed by atoms with Crippen LogP contribution in [0.1, 0.15) is 77.6 Å². The zero-order valence-electron chi connectivity index (χ0n) is 54.5. The quantitative estimate of drug-likeness (QED) is 0.0113. The molecule has 4 aromatic rings. The summed E-state index contributed by atoms with van der Waals surface area (Å²) in [5.74, 6) is -5.62. The first-order chi connectivity index (χ1) is 47.0. The number of fused-ring (bicyclic) bond motifs is 5. The Morgan fingerprint density at radius 3 is 1.85 bits per heavy atom. The summed E-state index contributed by atoms with van der Waals surface area (Å²) < 4.78 is 72.2. The van der Waals surface area contributed by atoms with Gasteiger partial charge in [0.15, 0.2) is 5.60 Å². The molecule has 2 aromatic heterocycles. The molecule has 1 aliphatic carbocycles. The first kappa shape index (κ1) is 74.3. The van der Waals surface area contributed by atoms with E-state index in [1.807, 2.05) is 0 Å². The fourth-order valence-corrected chi connectivity index (χ4v) is 11.2. The van der Waals surface area contributed by atoms with Crippen molar-refractivity contribution >= 4 is 64.1 Å². The lowest BCUT2D eigenvalue weighted by Gasteiger charge is -2.36. The molecule has 31 heteroatoms. The summed E-state index contributed by atoms with van der Waals surface area (Å²) in [6.45, 7) is 6.76. The van der Waals surface area contributed by atoms with Crippen molar-refractivity contribution in [1.82, 2.24) is 46.4 Å². The highest BCUT2D eigenvalue weighted by molar-refractivity contribution is 6.13. The van der Waals surface area contributed by atoms with Gasteiger partial charge in [-0.2, -0.15) is 0 Å². The Balaban J connectivity index is 0.624. The van der Waals surface area contributed by atoms with Crippen molar-refractivity contribution in [2.45, 2.75) is 83.2 Å². The lowest BCUT2D eigenvalue weighted by molar-refractivity contribution is -0.182. The lowest BCUT2D eigenvalue weighted by atomic mass is 9.82. The van der Waals surface area contributed by atoms with Crippen molar-refractivity contribution in [3.63, 3.8) is 0 Å². The van der Waals surface area contributed by atoms with Crippen LogP contribution in [0.5, 0.6) is 0 Å². The van der Waals surface area contributed by atoms with Gasteiger partial charge in [0.1, 0.15) is 25.2 Å². The molecule has 526 valence electrons. The molecule has 0 radical (unpaired) electrons. The standard InChI is InChI=1S/C66H85FN10O20/c1-3-66(47-34-52-62-45(39-77(52)64(86)46(47)40-96-65(66)87)60-49(68)10-9-44-42(2)48(67)35-50(75-62)61(44)60)97-41-73-56(81)37-72-63(85)51(33-43-7-5-4-6-8-43)74-57(82)38-71-55(80)36-70-54(79)14-17-88-19-21-90-23-25-92-27-29-94-31-32-95-30-28-93-26-24-91-22-20-89-18-15-69-53(78)13-16-76-58(83)11-12-59(76)84/h4-8,11-12,34-35,49,51H,3,9-10,13-33,36-41,68H2,1-2H3,(H,69,78)(H,70,79)(H,71,80)(H,72,85)(H,73,81)(H,74,82)/t49-,51-,66-/m0/s1. The van der Waals surface area contributed by atoms with Crippen LogP contribution < -0.4 is 43.2 Å². The molecule has 8 amide bonds. The number of carbonyl (C=O) groups excluding carboxylic acids is 9. The van der Waals surface area contributed by atoms with Crippen LogP contribution in [-0.2, 0) is 122 Å². The molecule has 4 aliphatic rings. The molecule has 0 bridgehead atoms. The van der Waals surface area contributed by atoms with Gasteiger partial charge in [-0.3, -0.25) is 48.1 Å². The summed E-state index contributed by atoms with van der Waals surface area (Å²) in [5.41, 5.74) is 9.76. The number of hydrogen-bond donors (Lipinski definition) is 7. The van der Waals surface area contributed by atoms with Gasteiger partial charge in [-0.15, -0.1) is 0 Å². The SMILES string of the molecule is CC[C@@]1(OCNC(=O)CNC(=O)[C@H](Cc2ccccc2)NC(=O)CNC(=O)CNC(=O)CCOCCOCCOCCOCCOCCOCCOCCOCCNC(=O)CCN2C(=O)C=CC2=O)C(=O)OCc2c1cc1n(c2=O)Cc2c-1nc1cc(F)c(C)c3c1c2[C@@H](N)CC3. The first-order valence-corrected chi connectivity index (χ1v) is 32.3. The third kappa shape index (κ3) is 21.0. The number of imide groups is 1. The molecule has 3 atom stereocenters. The highest BCUT2D eigenvalue weighted by atomic mass is 19.1. The Hall–Kier alpha value is -8.50. The van der Waals surface area contributed by atoms with Gasteiger partial charge >= 0.3 is 5.97 Å². The largest absolute Gasteiger partial charge is 0.458 e. The molecular weight excluding hydrogens is 1270 g/mol. The summed E-state index contributed by atoms with van der Waals surface area (Å²) in [6.07, 6.45) is 3.52. The van der Waals surface area contributed by atoms with Crippen LogP contribution in [-0.4, -0.2) is 219 Å². The lowest BCUT2D eigenvalue weighted by Crippen LogP contribution is -2.52. The number of nitrogens with one attached hydrogen (secondary N) is 6. The van der Waals surface area contributed by atoms with Crippen molar-refractivity contribution < 1.29 is 94.9 Å². The van der Waals surface area contributed by atoms with Gasteiger partial charge in [0, 0.05) is 73.1 Å². The van der Waals surface area contributed by atoms with E-state index in [1.54, 1.807) is 54.8 Å². The molecule has 0 saturated heterocycles. The van der Waals surface area contributed by atoms with Gasteiger partial charge in [0.25, 0.3) is 17.4 Å². The van der Waals surface area contributed by atoms with Gasteiger partial charge in [-0.1, -0.05) is 37.3 Å². The van der Waals surface area contributed by atoms with Crippen LogP contribution in [0.25, 0.3) is 22.3 Å². The number of aryl methyl sites for hydroxylation is 1. The fraction of sp³-hybridized carbons (Fsp3) is 0.530. The topological polar surface area (TPSA) is 382 Å². The molecule has 3 aliphatic heterocycles. The minimum Gasteiger partial charge on any atom is -0.458 e. The number of esters is 1. The Morgan fingerprint density at radius 2 is 1.23 bits per heavy atom. The third-order valence-corrected chi connectivity index (χ3v) is 16.3. The van der Waals surface area contributed by atoms with Crippen molar-refractivity contribution in [2.75, 3.05) is 145 Å². The van der Waals surface area contributed by atoms with Crippen molar-refractivity contribution in [1.29, 1.82) is 0 Å². The number of amides is 8. The predicted molar refractivity (Wildman–Crippen MR) is 342 cm³/mol. The fourth-order valence-electron chi connectivity index (χ4n) is 11.2. The molecular formula is C66H85FN10O20. The summed E-state index contributed by atoms with van der Waals surface area (Å²) in [4.78, 5) is 134. The second-order valence-electron chi connectivity index (χ2n) is 22.8. The summed E-state index contributed by atoms with van der Waals surface area (Å²) in [7, 11) is 0. The summed E-state index contributed by atoms with van der Waals surface area (Å²) >= 11 is 0. The van der Waals surface area contributed by atoms with E-state index in [0.29, 0.717) is 133 Å². The molecule has 0 unspecified atom stereocenters. The maximum absolute atomic E-state index is 15.2. The average molecular weight is 1360 g/mol. The smallest absolute Gasteiger partial charge is 0.343 e. The number of halogens is 1. The van der Waals surface area contributed by atoms with E-state index in [-0.39, 0.29) is 88.3 Å². The Kier molecular flexibility index (Phi) is 29.0. The van der Waals surface area contributed by atoms with E-state index >= 15 is 4.39 Å².